The molecule has 0 spiro atoms. The lowest BCUT2D eigenvalue weighted by atomic mass is 9.96. The maximum atomic E-state index is 13.7. The highest BCUT2D eigenvalue weighted by atomic mass is 19.1. The van der Waals surface area contributed by atoms with Gasteiger partial charge in [0.05, 0.1) is 0 Å². The first-order valence-corrected chi connectivity index (χ1v) is 7.18. The number of halogens is 2. The summed E-state index contributed by atoms with van der Waals surface area (Å²) in [5, 5.41) is 3.41. The summed E-state index contributed by atoms with van der Waals surface area (Å²) in [4.78, 5) is 0. The largest absolute Gasteiger partial charge is 0.307 e. The molecule has 3 atom stereocenters. The molecule has 0 aromatic heterocycles. The van der Waals surface area contributed by atoms with Gasteiger partial charge in [0.1, 0.15) is 11.6 Å². The average molecular weight is 269 g/mol. The third kappa shape index (κ3) is 4.90. The van der Waals surface area contributed by atoms with Crippen molar-refractivity contribution in [1.29, 1.82) is 0 Å². The van der Waals surface area contributed by atoms with Crippen LogP contribution < -0.4 is 5.32 Å². The molecule has 0 saturated heterocycles. The molecular formula is C16H25F2N. The van der Waals surface area contributed by atoms with E-state index in [0.29, 0.717) is 17.5 Å². The zero-order chi connectivity index (χ0) is 14.4. The molecule has 1 aromatic rings. The Labute approximate surface area is 115 Å². The monoisotopic (exact) mass is 269 g/mol. The van der Waals surface area contributed by atoms with Gasteiger partial charge in [-0.2, -0.15) is 0 Å². The maximum absolute atomic E-state index is 13.7. The van der Waals surface area contributed by atoms with Crippen molar-refractivity contribution in [3.05, 3.63) is 35.4 Å². The number of rotatable bonds is 7. The van der Waals surface area contributed by atoms with Gasteiger partial charge in [0, 0.05) is 17.6 Å². The van der Waals surface area contributed by atoms with Gasteiger partial charge in [0.15, 0.2) is 0 Å². The molecule has 1 nitrogen and oxygen atoms in total. The quantitative estimate of drug-likeness (QED) is 0.747. The first-order valence-electron chi connectivity index (χ1n) is 7.18. The highest BCUT2D eigenvalue weighted by Crippen LogP contribution is 2.21. The molecule has 0 aliphatic carbocycles. The van der Waals surface area contributed by atoms with E-state index in [2.05, 4.69) is 26.1 Å². The van der Waals surface area contributed by atoms with Crippen LogP contribution in [0.1, 0.15) is 58.6 Å². The zero-order valence-electron chi connectivity index (χ0n) is 12.3. The van der Waals surface area contributed by atoms with Crippen molar-refractivity contribution in [3.8, 4) is 0 Å². The molecule has 0 radical (unpaired) electrons. The summed E-state index contributed by atoms with van der Waals surface area (Å²) in [5.74, 6) is -0.0955. The molecule has 1 N–H and O–H groups in total. The molecule has 0 amide bonds. The Kier molecular flexibility index (Phi) is 6.43. The molecule has 3 heteroatoms. The van der Waals surface area contributed by atoms with Gasteiger partial charge in [-0.3, -0.25) is 0 Å². The Balaban J connectivity index is 2.71. The summed E-state index contributed by atoms with van der Waals surface area (Å²) in [6, 6.07) is 3.79. The van der Waals surface area contributed by atoms with Crippen molar-refractivity contribution in [2.45, 2.75) is 59.0 Å². The van der Waals surface area contributed by atoms with E-state index in [-0.39, 0.29) is 17.7 Å². The normalized spacial score (nSPS) is 16.1. The van der Waals surface area contributed by atoms with Crippen molar-refractivity contribution < 1.29 is 8.78 Å². The highest BCUT2D eigenvalue weighted by Gasteiger charge is 2.17. The molecule has 0 fully saturated rings. The minimum atomic E-state index is -0.389. The van der Waals surface area contributed by atoms with Gasteiger partial charge in [-0.15, -0.1) is 0 Å². The fraction of sp³-hybridized carbons (Fsp3) is 0.625. The van der Waals surface area contributed by atoms with Crippen LogP contribution in [0.2, 0.25) is 0 Å². The van der Waals surface area contributed by atoms with Crippen LogP contribution in [0.15, 0.2) is 18.2 Å². The van der Waals surface area contributed by atoms with E-state index in [1.165, 1.54) is 12.1 Å². The topological polar surface area (TPSA) is 12.0 Å². The Hall–Kier alpha value is -0.960. The van der Waals surface area contributed by atoms with E-state index >= 15 is 0 Å². The van der Waals surface area contributed by atoms with E-state index in [4.69, 9.17) is 0 Å². The second-order valence-electron chi connectivity index (χ2n) is 5.41. The summed E-state index contributed by atoms with van der Waals surface area (Å²) in [7, 11) is 0. The number of hydrogen-bond acceptors (Lipinski definition) is 1. The average Bonchev–Trinajstić information content (AvgIpc) is 2.40. The number of benzene rings is 1. The second kappa shape index (κ2) is 7.59. The Morgan fingerprint density at radius 3 is 2.37 bits per heavy atom. The third-order valence-corrected chi connectivity index (χ3v) is 3.79. The Bertz CT molecular complexity index is 392. The standard InChI is InChI=1S/C16H25F2N/c1-5-11(3)9-14(6-2)19-12(4)15-10-13(17)7-8-16(15)18/h7-8,10-12,14,19H,5-6,9H2,1-4H3. The van der Waals surface area contributed by atoms with Crippen LogP contribution >= 0.6 is 0 Å². The molecule has 0 saturated carbocycles. The highest BCUT2D eigenvalue weighted by molar-refractivity contribution is 5.21. The first-order chi connectivity index (χ1) is 8.97. The van der Waals surface area contributed by atoms with Crippen LogP contribution in [0.5, 0.6) is 0 Å². The first kappa shape index (κ1) is 16.1. The van der Waals surface area contributed by atoms with Crippen LogP contribution in [0.4, 0.5) is 8.78 Å². The van der Waals surface area contributed by atoms with Crippen LogP contribution in [0.25, 0.3) is 0 Å². The predicted molar refractivity (Wildman–Crippen MR) is 76.1 cm³/mol. The fourth-order valence-corrected chi connectivity index (χ4v) is 2.29. The number of nitrogens with one attached hydrogen (secondary N) is 1. The molecule has 3 unspecified atom stereocenters. The fourth-order valence-electron chi connectivity index (χ4n) is 2.29. The van der Waals surface area contributed by atoms with Gasteiger partial charge in [-0.1, -0.05) is 27.2 Å². The molecule has 1 rings (SSSR count). The van der Waals surface area contributed by atoms with Gasteiger partial charge in [0.25, 0.3) is 0 Å². The lowest BCUT2D eigenvalue weighted by Crippen LogP contribution is -2.33. The lowest BCUT2D eigenvalue weighted by Gasteiger charge is -2.25. The van der Waals surface area contributed by atoms with E-state index in [9.17, 15) is 8.78 Å². The van der Waals surface area contributed by atoms with Crippen LogP contribution in [0.3, 0.4) is 0 Å². The number of hydrogen-bond donors (Lipinski definition) is 1. The summed E-state index contributed by atoms with van der Waals surface area (Å²) >= 11 is 0. The Morgan fingerprint density at radius 2 is 1.79 bits per heavy atom. The SMILES string of the molecule is CCC(C)CC(CC)NC(C)c1cc(F)ccc1F. The van der Waals surface area contributed by atoms with Crippen molar-refractivity contribution in [1.82, 2.24) is 5.32 Å². The van der Waals surface area contributed by atoms with Crippen molar-refractivity contribution in [2.75, 3.05) is 0 Å². The van der Waals surface area contributed by atoms with Crippen LogP contribution in [0, 0.1) is 17.6 Å². The van der Waals surface area contributed by atoms with Crippen LogP contribution in [-0.2, 0) is 0 Å². The molecule has 0 aliphatic heterocycles. The summed E-state index contributed by atoms with van der Waals surface area (Å²) in [6.45, 7) is 8.40. The van der Waals surface area contributed by atoms with Gasteiger partial charge in [0.2, 0.25) is 0 Å². The molecule has 19 heavy (non-hydrogen) atoms. The summed E-state index contributed by atoms with van der Waals surface area (Å²) in [6.07, 6.45) is 3.20. The molecule has 0 heterocycles. The van der Waals surface area contributed by atoms with E-state index in [1.54, 1.807) is 0 Å². The molecule has 0 bridgehead atoms. The van der Waals surface area contributed by atoms with E-state index in [0.717, 1.165) is 25.3 Å². The molecule has 1 aromatic carbocycles. The minimum absolute atomic E-state index is 0.176. The van der Waals surface area contributed by atoms with Crippen LogP contribution in [-0.4, -0.2) is 6.04 Å². The smallest absolute Gasteiger partial charge is 0.128 e. The molecule has 0 aliphatic rings. The van der Waals surface area contributed by atoms with E-state index < -0.39 is 0 Å². The second-order valence-corrected chi connectivity index (χ2v) is 5.41. The predicted octanol–water partition coefficient (Wildman–Crippen LogP) is 4.83. The zero-order valence-corrected chi connectivity index (χ0v) is 12.3. The Morgan fingerprint density at radius 1 is 1.11 bits per heavy atom. The molecular weight excluding hydrogens is 244 g/mol. The lowest BCUT2D eigenvalue weighted by molar-refractivity contribution is 0.354. The van der Waals surface area contributed by atoms with E-state index in [1.807, 2.05) is 6.92 Å². The molecule has 108 valence electrons. The van der Waals surface area contributed by atoms with Crippen molar-refractivity contribution in [2.24, 2.45) is 5.92 Å². The van der Waals surface area contributed by atoms with Gasteiger partial charge in [-0.05, 0) is 43.9 Å². The minimum Gasteiger partial charge on any atom is -0.307 e. The van der Waals surface area contributed by atoms with Gasteiger partial charge < -0.3 is 5.32 Å². The van der Waals surface area contributed by atoms with Crippen molar-refractivity contribution in [3.63, 3.8) is 0 Å². The maximum Gasteiger partial charge on any atom is 0.128 e. The summed E-state index contributed by atoms with van der Waals surface area (Å²) < 4.78 is 26.9. The van der Waals surface area contributed by atoms with Gasteiger partial charge >= 0.3 is 0 Å². The van der Waals surface area contributed by atoms with Crippen molar-refractivity contribution >= 4 is 0 Å². The summed E-state index contributed by atoms with van der Waals surface area (Å²) in [5.41, 5.74) is 0.405. The third-order valence-electron chi connectivity index (χ3n) is 3.79. The van der Waals surface area contributed by atoms with Gasteiger partial charge in [-0.25, -0.2) is 8.78 Å².